The van der Waals surface area contributed by atoms with Crippen LogP contribution in [0, 0.1) is 0 Å². The maximum Gasteiger partial charge on any atom is 0.472 e. The molecule has 4 N–H and O–H groups in total. The van der Waals surface area contributed by atoms with Gasteiger partial charge in [0.05, 0.1) is 19.8 Å². The number of phosphoric ester groups is 1. The van der Waals surface area contributed by atoms with Crippen LogP contribution in [0.3, 0.4) is 0 Å². The van der Waals surface area contributed by atoms with E-state index in [2.05, 4.69) is 16.0 Å². The van der Waals surface area contributed by atoms with Crippen LogP contribution in [-0.4, -0.2) is 64.8 Å². The third-order valence-corrected chi connectivity index (χ3v) is 8.69. The van der Waals surface area contributed by atoms with Crippen molar-refractivity contribution in [2.45, 2.75) is 180 Å². The number of aliphatic hydroxyl groups excluding tert-OH is 3. The van der Waals surface area contributed by atoms with Gasteiger partial charge in [-0.25, -0.2) is 4.57 Å². The molecule has 0 aromatic rings. The summed E-state index contributed by atoms with van der Waals surface area (Å²) in [5.74, 6) is -0.424. The molecule has 3 atom stereocenters. The van der Waals surface area contributed by atoms with E-state index in [-0.39, 0.29) is 13.0 Å². The Kier molecular flexibility index (Phi) is 31.0. The monoisotopic (exact) mass is 638 g/mol. The van der Waals surface area contributed by atoms with Crippen LogP contribution in [0.4, 0.5) is 0 Å². The summed E-state index contributed by atoms with van der Waals surface area (Å²) in [5.41, 5.74) is 0. The summed E-state index contributed by atoms with van der Waals surface area (Å²) in [6, 6.07) is 0. The Morgan fingerprint density at radius 1 is 0.558 bits per heavy atom. The predicted octanol–water partition coefficient (Wildman–Crippen LogP) is 8.15. The molecule has 0 saturated carbocycles. The lowest BCUT2D eigenvalue weighted by molar-refractivity contribution is -0.147. The molecule has 0 amide bonds. The van der Waals surface area contributed by atoms with Crippen LogP contribution in [-0.2, 0) is 23.1 Å². The first-order valence-electron chi connectivity index (χ1n) is 17.5. The highest BCUT2D eigenvalue weighted by Crippen LogP contribution is 2.43. The van der Waals surface area contributed by atoms with Crippen molar-refractivity contribution in [3.05, 3.63) is 0 Å². The van der Waals surface area contributed by atoms with Gasteiger partial charge in [-0.05, 0) is 6.42 Å². The second-order valence-corrected chi connectivity index (χ2v) is 13.6. The van der Waals surface area contributed by atoms with Crippen molar-refractivity contribution in [2.24, 2.45) is 0 Å². The molecular weight excluding hydrogens is 571 g/mol. The number of unbranched alkanes of at least 4 members (excludes halogenated alkanes) is 23. The number of carbonyl (C=O) groups is 1. The van der Waals surface area contributed by atoms with Gasteiger partial charge in [0, 0.05) is 6.42 Å². The quantitative estimate of drug-likeness (QED) is 0.0312. The van der Waals surface area contributed by atoms with Crippen LogP contribution in [0.25, 0.3) is 0 Å². The molecule has 0 saturated heterocycles. The average molecular weight is 639 g/mol. The molecule has 0 aliphatic rings. The molecule has 0 aromatic carbocycles. The van der Waals surface area contributed by atoms with E-state index < -0.39 is 45.8 Å². The highest BCUT2D eigenvalue weighted by molar-refractivity contribution is 7.47. The minimum Gasteiger partial charge on any atom is -0.463 e. The molecule has 0 aliphatic heterocycles. The Labute approximate surface area is 263 Å². The molecule has 10 heteroatoms. The van der Waals surface area contributed by atoms with Crippen molar-refractivity contribution < 1.29 is 43.4 Å². The van der Waals surface area contributed by atoms with Gasteiger partial charge in [0.25, 0.3) is 0 Å². The molecule has 258 valence electrons. The lowest BCUT2D eigenvalue weighted by Gasteiger charge is -2.16. The number of ether oxygens (including phenoxy) is 1. The normalized spacial score (nSPS) is 14.4. The van der Waals surface area contributed by atoms with Gasteiger partial charge in [-0.2, -0.15) is 0 Å². The van der Waals surface area contributed by atoms with E-state index in [1.165, 1.54) is 135 Å². The van der Waals surface area contributed by atoms with E-state index in [4.69, 9.17) is 14.9 Å². The van der Waals surface area contributed by atoms with Gasteiger partial charge in [0.1, 0.15) is 18.8 Å². The Morgan fingerprint density at radius 2 is 0.884 bits per heavy atom. The van der Waals surface area contributed by atoms with Gasteiger partial charge in [-0.3, -0.25) is 13.8 Å². The molecule has 9 nitrogen and oxygen atoms in total. The number of hydrogen-bond acceptors (Lipinski definition) is 8. The summed E-state index contributed by atoms with van der Waals surface area (Å²) in [5, 5.41) is 27.5. The molecule has 43 heavy (non-hydrogen) atoms. The number of hydrogen-bond donors (Lipinski definition) is 4. The molecule has 0 rings (SSSR count). The predicted molar refractivity (Wildman–Crippen MR) is 173 cm³/mol. The summed E-state index contributed by atoms with van der Waals surface area (Å²) < 4.78 is 25.6. The van der Waals surface area contributed by atoms with Gasteiger partial charge < -0.3 is 24.9 Å². The molecule has 0 spiro atoms. The van der Waals surface area contributed by atoms with Crippen LogP contribution in [0.5, 0.6) is 0 Å². The molecule has 0 fully saturated rings. The van der Waals surface area contributed by atoms with Crippen molar-refractivity contribution in [3.63, 3.8) is 0 Å². The third-order valence-electron chi connectivity index (χ3n) is 7.74. The van der Waals surface area contributed by atoms with Crippen LogP contribution in [0.15, 0.2) is 0 Å². The largest absolute Gasteiger partial charge is 0.472 e. The van der Waals surface area contributed by atoms with Crippen LogP contribution >= 0.6 is 7.82 Å². The molecule has 0 aromatic heterocycles. The molecule has 0 aliphatic carbocycles. The fourth-order valence-electron chi connectivity index (χ4n) is 4.99. The number of rotatable bonds is 34. The minimum absolute atomic E-state index is 0.271. The summed E-state index contributed by atoms with van der Waals surface area (Å²) in [6.45, 7) is 0.141. The zero-order valence-electron chi connectivity index (χ0n) is 27.4. The average Bonchev–Trinajstić information content (AvgIpc) is 3.00. The third kappa shape index (κ3) is 32.7. The number of aliphatic hydroxyl groups is 3. The summed E-state index contributed by atoms with van der Waals surface area (Å²) >= 11 is 0. The van der Waals surface area contributed by atoms with Crippen LogP contribution in [0.1, 0.15) is 167 Å². The SMILES string of the molecule is CCCCCCCCCCCCCCCCCCCCCCCCCCC(=O)OCC(O)COP(=O)(O)OCC(O)CO. The summed E-state index contributed by atoms with van der Waals surface area (Å²) in [4.78, 5) is 21.3. The lowest BCUT2D eigenvalue weighted by atomic mass is 10.0. The van der Waals surface area contributed by atoms with Gasteiger partial charge in [0.15, 0.2) is 0 Å². The van der Waals surface area contributed by atoms with Gasteiger partial charge in [-0.1, -0.05) is 155 Å². The van der Waals surface area contributed by atoms with Crippen LogP contribution < -0.4 is 0 Å². The zero-order chi connectivity index (χ0) is 31.9. The summed E-state index contributed by atoms with van der Waals surface area (Å²) in [7, 11) is -4.49. The number of carbonyl (C=O) groups excluding carboxylic acids is 1. The maximum atomic E-state index is 11.8. The lowest BCUT2D eigenvalue weighted by Crippen LogP contribution is -2.24. The number of esters is 1. The van der Waals surface area contributed by atoms with Crippen LogP contribution in [0.2, 0.25) is 0 Å². The minimum atomic E-state index is -4.49. The molecule has 3 unspecified atom stereocenters. The zero-order valence-corrected chi connectivity index (χ0v) is 28.3. The molecule has 0 radical (unpaired) electrons. The van der Waals surface area contributed by atoms with Crippen molar-refractivity contribution in [1.82, 2.24) is 0 Å². The first-order valence-corrected chi connectivity index (χ1v) is 19.0. The Hall–Kier alpha value is -0.540. The smallest absolute Gasteiger partial charge is 0.463 e. The first-order chi connectivity index (χ1) is 20.8. The topological polar surface area (TPSA) is 143 Å². The van der Waals surface area contributed by atoms with Gasteiger partial charge in [-0.15, -0.1) is 0 Å². The molecular formula is C33H67O9P. The molecule has 0 bridgehead atoms. The Morgan fingerprint density at radius 3 is 1.23 bits per heavy atom. The summed E-state index contributed by atoms with van der Waals surface area (Å²) in [6.07, 6.45) is 29.5. The Balaban J connectivity index is 3.35. The van der Waals surface area contributed by atoms with E-state index in [0.717, 1.165) is 19.3 Å². The fourth-order valence-corrected chi connectivity index (χ4v) is 5.79. The van der Waals surface area contributed by atoms with Gasteiger partial charge in [0.2, 0.25) is 0 Å². The second-order valence-electron chi connectivity index (χ2n) is 12.1. The van der Waals surface area contributed by atoms with E-state index in [1.807, 2.05) is 0 Å². The van der Waals surface area contributed by atoms with E-state index in [1.54, 1.807) is 0 Å². The first kappa shape index (κ1) is 42.5. The van der Waals surface area contributed by atoms with E-state index >= 15 is 0 Å². The van der Waals surface area contributed by atoms with Crippen molar-refractivity contribution in [1.29, 1.82) is 0 Å². The van der Waals surface area contributed by atoms with Crippen molar-refractivity contribution >= 4 is 13.8 Å². The Bertz CT molecular complexity index is 650. The molecule has 0 heterocycles. The standard InChI is InChI=1S/C33H67O9P/c1-2-3-4-5-6-7-8-9-10-11-12-13-14-15-16-17-18-19-20-21-22-23-24-25-26-33(37)40-28-32(36)30-42-43(38,39)41-29-31(35)27-34/h31-32,34-36H,2-30H2,1H3,(H,38,39). The van der Waals surface area contributed by atoms with Crippen molar-refractivity contribution in [2.75, 3.05) is 26.4 Å². The fraction of sp³-hybridized carbons (Fsp3) is 0.970. The van der Waals surface area contributed by atoms with E-state index in [0.29, 0.717) is 0 Å². The van der Waals surface area contributed by atoms with Crippen molar-refractivity contribution in [3.8, 4) is 0 Å². The van der Waals surface area contributed by atoms with E-state index in [9.17, 15) is 19.4 Å². The number of phosphoric acid groups is 1. The maximum absolute atomic E-state index is 11.8. The highest BCUT2D eigenvalue weighted by Gasteiger charge is 2.24. The second kappa shape index (κ2) is 31.4. The highest BCUT2D eigenvalue weighted by atomic mass is 31.2. The van der Waals surface area contributed by atoms with Gasteiger partial charge >= 0.3 is 13.8 Å².